The predicted molar refractivity (Wildman–Crippen MR) is 113 cm³/mol. The molecule has 8 nitrogen and oxygen atoms in total. The zero-order valence-electron chi connectivity index (χ0n) is 16.7. The minimum absolute atomic E-state index is 0.151. The first-order valence-corrected chi connectivity index (χ1v) is 9.18. The number of phenolic OH excluding ortho intramolecular Hbond substituents is 1. The van der Waals surface area contributed by atoms with E-state index in [1.807, 2.05) is 39.8 Å². The number of rotatable bonds is 3. The largest absolute Gasteiger partial charge is 0.508 e. The maximum Gasteiger partial charge on any atom is 0.261 e. The van der Waals surface area contributed by atoms with Crippen molar-refractivity contribution in [3.05, 3.63) is 58.4 Å². The lowest BCUT2D eigenvalue weighted by atomic mass is 10.1. The second-order valence-corrected chi connectivity index (χ2v) is 7.15. The number of nitrogens with zero attached hydrogens (tertiary/aromatic N) is 3. The number of aromatic nitrogens is 4. The lowest BCUT2D eigenvalue weighted by Crippen LogP contribution is -2.15. The summed E-state index contributed by atoms with van der Waals surface area (Å²) in [5.74, 6) is 0.427. The van der Waals surface area contributed by atoms with Gasteiger partial charge >= 0.3 is 0 Å². The Morgan fingerprint density at radius 2 is 1.93 bits per heavy atom. The molecule has 0 unspecified atom stereocenters. The Kier molecular flexibility index (Phi) is 4.26. The van der Waals surface area contributed by atoms with E-state index in [-0.39, 0.29) is 17.5 Å². The summed E-state index contributed by atoms with van der Waals surface area (Å²) in [6, 6.07) is 7.03. The number of nitrogens with two attached hydrogens (primary N) is 1. The molecule has 0 aliphatic carbocycles. The number of H-pyrrole nitrogens is 1. The van der Waals surface area contributed by atoms with Gasteiger partial charge < -0.3 is 16.2 Å². The van der Waals surface area contributed by atoms with Crippen molar-refractivity contribution >= 4 is 28.6 Å². The van der Waals surface area contributed by atoms with Crippen molar-refractivity contribution in [2.24, 2.45) is 0 Å². The van der Waals surface area contributed by atoms with Crippen LogP contribution in [0.1, 0.15) is 32.7 Å². The van der Waals surface area contributed by atoms with Crippen LogP contribution in [0, 0.1) is 27.7 Å². The number of fused-ring (bicyclic) bond motifs is 1. The van der Waals surface area contributed by atoms with Crippen LogP contribution in [0.4, 0.5) is 11.6 Å². The fourth-order valence-electron chi connectivity index (χ4n) is 3.55. The molecule has 0 fully saturated rings. The third-order valence-electron chi connectivity index (χ3n) is 5.22. The third-order valence-corrected chi connectivity index (χ3v) is 5.22. The summed E-state index contributed by atoms with van der Waals surface area (Å²) >= 11 is 0. The van der Waals surface area contributed by atoms with Crippen LogP contribution in [0.3, 0.4) is 0 Å². The Labute approximate surface area is 167 Å². The molecule has 3 aromatic heterocycles. The summed E-state index contributed by atoms with van der Waals surface area (Å²) in [5.41, 5.74) is 11.5. The predicted octanol–water partition coefficient (Wildman–Crippen LogP) is 3.52. The van der Waals surface area contributed by atoms with Gasteiger partial charge in [0.15, 0.2) is 5.82 Å². The normalized spacial score (nSPS) is 11.2. The number of benzene rings is 1. The molecule has 0 atom stereocenters. The number of hydrogen-bond donors (Lipinski definition) is 4. The number of anilines is 2. The first kappa shape index (κ1) is 18.5. The molecule has 0 aliphatic heterocycles. The molecule has 148 valence electrons. The smallest absolute Gasteiger partial charge is 0.261 e. The number of carbonyl (C=O) groups excluding carboxylic acids is 1. The van der Waals surface area contributed by atoms with Gasteiger partial charge in [-0.3, -0.25) is 14.5 Å². The lowest BCUT2D eigenvalue weighted by Gasteiger charge is -2.15. The molecule has 3 heterocycles. The van der Waals surface area contributed by atoms with E-state index in [0.29, 0.717) is 33.7 Å². The number of aromatic hydroxyl groups is 1. The topological polar surface area (TPSA) is 122 Å². The van der Waals surface area contributed by atoms with Crippen molar-refractivity contribution in [2.75, 3.05) is 11.1 Å². The van der Waals surface area contributed by atoms with Crippen molar-refractivity contribution < 1.29 is 9.90 Å². The number of hydrogen-bond acceptors (Lipinski definition) is 5. The molecular formula is C21H22N6O2. The second kappa shape index (κ2) is 6.66. The second-order valence-electron chi connectivity index (χ2n) is 7.15. The highest BCUT2D eigenvalue weighted by molar-refractivity contribution is 6.16. The van der Waals surface area contributed by atoms with Gasteiger partial charge in [-0.15, -0.1) is 0 Å². The van der Waals surface area contributed by atoms with Gasteiger partial charge in [-0.2, -0.15) is 5.10 Å². The average molecular weight is 390 g/mol. The number of pyridine rings is 1. The molecule has 4 rings (SSSR count). The highest BCUT2D eigenvalue weighted by Gasteiger charge is 2.26. The highest BCUT2D eigenvalue weighted by Crippen LogP contribution is 2.36. The Balaban J connectivity index is 2.04. The average Bonchev–Trinajstić information content (AvgIpc) is 3.26. The van der Waals surface area contributed by atoms with Gasteiger partial charge in [0.25, 0.3) is 5.91 Å². The van der Waals surface area contributed by atoms with Crippen LogP contribution < -0.4 is 11.1 Å². The van der Waals surface area contributed by atoms with Gasteiger partial charge in [0.1, 0.15) is 17.2 Å². The van der Waals surface area contributed by atoms with Crippen LogP contribution >= 0.6 is 0 Å². The zero-order chi connectivity index (χ0) is 20.9. The highest BCUT2D eigenvalue weighted by atomic mass is 16.3. The van der Waals surface area contributed by atoms with Crippen molar-refractivity contribution in [1.82, 2.24) is 19.7 Å². The summed E-state index contributed by atoms with van der Waals surface area (Å²) in [5, 5.41) is 20.3. The minimum atomic E-state index is -0.376. The van der Waals surface area contributed by atoms with E-state index in [1.165, 1.54) is 0 Å². The summed E-state index contributed by atoms with van der Waals surface area (Å²) in [6.07, 6.45) is 1.62. The molecule has 0 spiro atoms. The van der Waals surface area contributed by atoms with Gasteiger partial charge in [-0.25, -0.2) is 4.98 Å². The van der Waals surface area contributed by atoms with Gasteiger partial charge in [-0.05, 0) is 51.0 Å². The van der Waals surface area contributed by atoms with Crippen LogP contribution in [0.2, 0.25) is 0 Å². The molecule has 0 saturated heterocycles. The summed E-state index contributed by atoms with van der Waals surface area (Å²) in [4.78, 5) is 17.8. The Morgan fingerprint density at radius 1 is 1.17 bits per heavy atom. The van der Waals surface area contributed by atoms with Crippen LogP contribution in [-0.4, -0.2) is 30.8 Å². The lowest BCUT2D eigenvalue weighted by molar-refractivity contribution is 0.102. The van der Waals surface area contributed by atoms with Gasteiger partial charge in [0.05, 0.1) is 11.3 Å². The van der Waals surface area contributed by atoms with E-state index >= 15 is 0 Å². The van der Waals surface area contributed by atoms with Crippen molar-refractivity contribution in [3.8, 4) is 11.4 Å². The molecular weight excluding hydrogens is 368 g/mol. The fraction of sp³-hybridized carbons (Fsp3) is 0.190. The standard InChI is InChI=1S/C21H22N6O2/c1-10-5-6-15(28)12(3)18(10)27-19(22)17(21(29)25-16-7-8-23-26-16)14-9-11(2)13(4)24-20(14)27/h5-9,28H,22H2,1-4H3,(H2,23,25,26,29). The number of phenols is 1. The van der Waals surface area contributed by atoms with Crippen LogP contribution in [0.25, 0.3) is 16.7 Å². The molecule has 1 aromatic carbocycles. The molecule has 4 aromatic rings. The van der Waals surface area contributed by atoms with Crippen molar-refractivity contribution in [1.29, 1.82) is 0 Å². The molecule has 1 amide bonds. The van der Waals surface area contributed by atoms with Crippen LogP contribution in [-0.2, 0) is 0 Å². The summed E-state index contributed by atoms with van der Waals surface area (Å²) < 4.78 is 1.74. The molecule has 5 N–H and O–H groups in total. The SMILES string of the molecule is Cc1cc2c(C(=O)Nc3cc[nH]n3)c(N)n(-c3c(C)ccc(O)c3C)c2nc1C. The van der Waals surface area contributed by atoms with Crippen LogP contribution in [0.5, 0.6) is 5.75 Å². The van der Waals surface area contributed by atoms with Gasteiger partial charge in [-0.1, -0.05) is 6.07 Å². The molecule has 0 bridgehead atoms. The molecule has 29 heavy (non-hydrogen) atoms. The first-order valence-electron chi connectivity index (χ1n) is 9.18. The quantitative estimate of drug-likeness (QED) is 0.426. The van der Waals surface area contributed by atoms with E-state index in [9.17, 15) is 9.90 Å². The van der Waals surface area contributed by atoms with E-state index in [0.717, 1.165) is 16.8 Å². The Bertz CT molecular complexity index is 1250. The number of nitrogens with one attached hydrogen (secondary N) is 2. The monoisotopic (exact) mass is 390 g/mol. The maximum atomic E-state index is 13.1. The van der Waals surface area contributed by atoms with Crippen molar-refractivity contribution in [3.63, 3.8) is 0 Å². The molecule has 0 radical (unpaired) electrons. The fourth-order valence-corrected chi connectivity index (χ4v) is 3.55. The number of carbonyl (C=O) groups is 1. The molecule has 0 saturated carbocycles. The Hall–Kier alpha value is -3.81. The summed E-state index contributed by atoms with van der Waals surface area (Å²) in [7, 11) is 0. The van der Waals surface area contributed by atoms with E-state index in [2.05, 4.69) is 15.5 Å². The summed E-state index contributed by atoms with van der Waals surface area (Å²) in [6.45, 7) is 7.59. The number of amides is 1. The maximum absolute atomic E-state index is 13.1. The van der Waals surface area contributed by atoms with E-state index in [1.54, 1.807) is 22.9 Å². The third kappa shape index (κ3) is 2.89. The number of nitrogen functional groups attached to an aromatic ring is 1. The van der Waals surface area contributed by atoms with Gasteiger partial charge in [0, 0.05) is 28.9 Å². The van der Waals surface area contributed by atoms with Crippen LogP contribution in [0.15, 0.2) is 30.5 Å². The minimum Gasteiger partial charge on any atom is -0.508 e. The van der Waals surface area contributed by atoms with Crippen molar-refractivity contribution in [2.45, 2.75) is 27.7 Å². The number of aryl methyl sites for hydroxylation is 3. The molecule has 0 aliphatic rings. The van der Waals surface area contributed by atoms with E-state index in [4.69, 9.17) is 10.7 Å². The van der Waals surface area contributed by atoms with Gasteiger partial charge in [0.2, 0.25) is 0 Å². The van der Waals surface area contributed by atoms with E-state index < -0.39 is 0 Å². The molecule has 8 heteroatoms. The Morgan fingerprint density at radius 3 is 2.62 bits per heavy atom. The number of aromatic amines is 1. The zero-order valence-corrected chi connectivity index (χ0v) is 16.7. The first-order chi connectivity index (χ1) is 13.8.